The van der Waals surface area contributed by atoms with Crippen LogP contribution in [0.1, 0.15) is 55.4 Å². The summed E-state index contributed by atoms with van der Waals surface area (Å²) in [6.07, 6.45) is -8.49. The number of nitrogens with one attached hydrogen (secondary N) is 1. The summed E-state index contributed by atoms with van der Waals surface area (Å²) in [4.78, 5) is 0. The minimum Gasteiger partial charge on any atom is -0.380 e. The summed E-state index contributed by atoms with van der Waals surface area (Å²) in [7, 11) is 0. The van der Waals surface area contributed by atoms with Crippen LogP contribution in [0.2, 0.25) is 0 Å². The van der Waals surface area contributed by atoms with Crippen LogP contribution in [0.5, 0.6) is 0 Å². The second-order valence-electron chi connectivity index (χ2n) is 8.93. The van der Waals surface area contributed by atoms with Crippen molar-refractivity contribution in [3.8, 4) is 11.1 Å². The number of hydrogen-bond donors (Lipinski definition) is 1. The molecule has 0 bridgehead atoms. The Morgan fingerprint density at radius 2 is 1.35 bits per heavy atom. The van der Waals surface area contributed by atoms with Gasteiger partial charge in [0, 0.05) is 12.2 Å². The van der Waals surface area contributed by atoms with Crippen LogP contribution in [-0.2, 0) is 18.9 Å². The Kier molecular flexibility index (Phi) is 7.64. The van der Waals surface area contributed by atoms with Crippen molar-refractivity contribution in [2.24, 2.45) is 5.92 Å². The van der Waals surface area contributed by atoms with E-state index in [1.165, 1.54) is 18.2 Å². The molecule has 7 heteroatoms. The first-order valence-corrected chi connectivity index (χ1v) is 11.1. The lowest BCUT2D eigenvalue weighted by Gasteiger charge is -2.25. The van der Waals surface area contributed by atoms with E-state index in [1.807, 2.05) is 44.2 Å². The third-order valence-electron chi connectivity index (χ3n) is 5.68. The number of alkyl halides is 6. The molecular weight excluding hydrogens is 452 g/mol. The molecule has 0 heterocycles. The van der Waals surface area contributed by atoms with Gasteiger partial charge in [-0.1, -0.05) is 69.3 Å². The second-order valence-corrected chi connectivity index (χ2v) is 8.93. The maximum absolute atomic E-state index is 14.3. The van der Waals surface area contributed by atoms with Crippen molar-refractivity contribution < 1.29 is 26.3 Å². The van der Waals surface area contributed by atoms with Crippen molar-refractivity contribution in [3.63, 3.8) is 0 Å². The van der Waals surface area contributed by atoms with Crippen LogP contribution in [-0.4, -0.2) is 0 Å². The zero-order valence-electron chi connectivity index (χ0n) is 19.2. The van der Waals surface area contributed by atoms with Crippen LogP contribution in [0, 0.1) is 5.92 Å². The van der Waals surface area contributed by atoms with Gasteiger partial charge in [0.25, 0.3) is 0 Å². The first-order valence-electron chi connectivity index (χ1n) is 11.1. The molecule has 3 aromatic carbocycles. The highest BCUT2D eigenvalue weighted by molar-refractivity contribution is 5.73. The minimum atomic E-state index is -4.60. The second kappa shape index (κ2) is 10.1. The lowest BCUT2D eigenvalue weighted by atomic mass is 9.85. The van der Waals surface area contributed by atoms with Gasteiger partial charge >= 0.3 is 12.4 Å². The third-order valence-corrected chi connectivity index (χ3v) is 5.68. The van der Waals surface area contributed by atoms with E-state index in [9.17, 15) is 26.3 Å². The fourth-order valence-electron chi connectivity index (χ4n) is 4.15. The molecule has 1 N–H and O–H groups in total. The van der Waals surface area contributed by atoms with Gasteiger partial charge < -0.3 is 5.32 Å². The van der Waals surface area contributed by atoms with Gasteiger partial charge in [-0.25, -0.2) is 0 Å². The van der Waals surface area contributed by atoms with Crippen molar-refractivity contribution in [1.82, 2.24) is 0 Å². The smallest absolute Gasteiger partial charge is 0.380 e. The Morgan fingerprint density at radius 3 is 1.88 bits per heavy atom. The minimum absolute atomic E-state index is 0.0442. The average molecular weight is 480 g/mol. The summed E-state index contributed by atoms with van der Waals surface area (Å²) in [5.41, 5.74) is 0.469. The van der Waals surface area contributed by atoms with Crippen LogP contribution >= 0.6 is 0 Å². The molecule has 1 atom stereocenters. The number of hydrogen-bond acceptors (Lipinski definition) is 1. The highest BCUT2D eigenvalue weighted by Gasteiger charge is 2.38. The molecule has 0 saturated heterocycles. The van der Waals surface area contributed by atoms with Gasteiger partial charge in [0.2, 0.25) is 0 Å². The van der Waals surface area contributed by atoms with E-state index in [0.29, 0.717) is 17.5 Å². The van der Waals surface area contributed by atoms with E-state index in [2.05, 4.69) is 5.32 Å². The molecule has 0 aromatic heterocycles. The topological polar surface area (TPSA) is 12.0 Å². The Bertz CT molecular complexity index is 1080. The monoisotopic (exact) mass is 479 g/mol. The molecule has 3 aromatic rings. The van der Waals surface area contributed by atoms with Gasteiger partial charge in [-0.05, 0) is 58.7 Å². The molecule has 0 fully saturated rings. The maximum atomic E-state index is 14.3. The Balaban J connectivity index is 2.06. The van der Waals surface area contributed by atoms with E-state index in [-0.39, 0.29) is 29.6 Å². The lowest BCUT2D eigenvalue weighted by molar-refractivity contribution is -0.138. The van der Waals surface area contributed by atoms with Crippen LogP contribution in [0.15, 0.2) is 66.7 Å². The first-order chi connectivity index (χ1) is 15.9. The molecule has 34 heavy (non-hydrogen) atoms. The molecule has 0 aliphatic carbocycles. The summed E-state index contributed by atoms with van der Waals surface area (Å²) in [5.74, 6) is -0.132. The molecule has 0 unspecified atom stereocenters. The zero-order valence-corrected chi connectivity index (χ0v) is 19.2. The number of anilines is 1. The molecule has 0 aliphatic heterocycles. The lowest BCUT2D eigenvalue weighted by Crippen LogP contribution is -2.16. The third kappa shape index (κ3) is 6.33. The average Bonchev–Trinajstić information content (AvgIpc) is 2.76. The molecule has 0 saturated carbocycles. The first kappa shape index (κ1) is 25.7. The van der Waals surface area contributed by atoms with Crippen LogP contribution in [0.3, 0.4) is 0 Å². The van der Waals surface area contributed by atoms with Gasteiger partial charge in [0.15, 0.2) is 0 Å². The van der Waals surface area contributed by atoms with Crippen molar-refractivity contribution >= 4 is 5.69 Å². The molecule has 0 aliphatic rings. The predicted octanol–water partition coefficient (Wildman–Crippen LogP) is 9.15. The quantitative estimate of drug-likeness (QED) is 0.333. The molecule has 1 nitrogen and oxygen atoms in total. The Hall–Kier alpha value is -2.96. The summed E-state index contributed by atoms with van der Waals surface area (Å²) < 4.78 is 81.3. The molecule has 0 radical (unpaired) electrons. The molecule has 182 valence electrons. The SMILES string of the molecule is CC(C)C[C@@H](C)c1cc(-c2ccccc2)cc(NCc2ccc(C(F)(F)F)cc2)c1C(F)(F)F. The van der Waals surface area contributed by atoms with Crippen LogP contribution in [0.25, 0.3) is 11.1 Å². The molecule has 0 spiro atoms. The van der Waals surface area contributed by atoms with Gasteiger partial charge in [0.05, 0.1) is 11.1 Å². The predicted molar refractivity (Wildman–Crippen MR) is 124 cm³/mol. The highest BCUT2D eigenvalue weighted by Crippen LogP contribution is 2.44. The molecule has 0 amide bonds. The van der Waals surface area contributed by atoms with E-state index in [1.54, 1.807) is 13.0 Å². The van der Waals surface area contributed by atoms with Gasteiger partial charge in [-0.3, -0.25) is 0 Å². The fourth-order valence-corrected chi connectivity index (χ4v) is 4.15. The van der Waals surface area contributed by atoms with E-state index < -0.39 is 23.5 Å². The Labute approximate surface area is 195 Å². The number of benzene rings is 3. The van der Waals surface area contributed by atoms with E-state index in [0.717, 1.165) is 17.7 Å². The van der Waals surface area contributed by atoms with Crippen LogP contribution in [0.4, 0.5) is 32.0 Å². The number of rotatable bonds is 7. The molecule has 3 rings (SSSR count). The standard InChI is InChI=1S/C27H27F6N/c1-17(2)13-18(3)23-14-21(20-7-5-4-6-8-20)15-24(25(23)27(31,32)33)34-16-19-9-11-22(12-10-19)26(28,29)30/h4-12,14-15,17-18,34H,13,16H2,1-3H3/t18-/m1/s1. The fraction of sp³-hybridized carbons (Fsp3) is 0.333. The van der Waals surface area contributed by atoms with Gasteiger partial charge in [-0.2, -0.15) is 26.3 Å². The summed E-state index contributed by atoms with van der Waals surface area (Å²) in [6, 6.07) is 16.6. The maximum Gasteiger partial charge on any atom is 0.418 e. The zero-order chi connectivity index (χ0) is 25.1. The van der Waals surface area contributed by atoms with E-state index >= 15 is 0 Å². The van der Waals surface area contributed by atoms with Crippen molar-refractivity contribution in [2.45, 2.75) is 52.0 Å². The highest BCUT2D eigenvalue weighted by atomic mass is 19.4. The van der Waals surface area contributed by atoms with Crippen molar-refractivity contribution in [3.05, 3.63) is 89.0 Å². The van der Waals surface area contributed by atoms with Crippen molar-refractivity contribution in [2.75, 3.05) is 5.32 Å². The van der Waals surface area contributed by atoms with Gasteiger partial charge in [-0.15, -0.1) is 0 Å². The largest absolute Gasteiger partial charge is 0.418 e. The summed E-state index contributed by atoms with van der Waals surface area (Å²) >= 11 is 0. The molecular formula is C27H27F6N. The van der Waals surface area contributed by atoms with Crippen LogP contribution < -0.4 is 5.32 Å². The Morgan fingerprint density at radius 1 is 0.735 bits per heavy atom. The normalized spacial score (nSPS) is 13.2. The summed E-state index contributed by atoms with van der Waals surface area (Å²) in [6.45, 7) is 5.68. The number of halogens is 6. The van der Waals surface area contributed by atoms with Crippen molar-refractivity contribution in [1.29, 1.82) is 0 Å². The van der Waals surface area contributed by atoms with E-state index in [4.69, 9.17) is 0 Å². The summed E-state index contributed by atoms with van der Waals surface area (Å²) in [5, 5.41) is 2.85. The van der Waals surface area contributed by atoms with Gasteiger partial charge in [0.1, 0.15) is 0 Å².